The van der Waals surface area contributed by atoms with Gasteiger partial charge in [0.15, 0.2) is 0 Å². The fourth-order valence-corrected chi connectivity index (χ4v) is 3.08. The molecule has 1 fully saturated rings. The molecule has 0 bridgehead atoms. The third-order valence-corrected chi connectivity index (χ3v) is 4.28. The van der Waals surface area contributed by atoms with E-state index in [0.717, 1.165) is 24.7 Å². The van der Waals surface area contributed by atoms with Gasteiger partial charge in [0.2, 0.25) is 0 Å². The summed E-state index contributed by atoms with van der Waals surface area (Å²) < 4.78 is 5.82. The van der Waals surface area contributed by atoms with Crippen molar-refractivity contribution in [2.24, 2.45) is 11.8 Å². The van der Waals surface area contributed by atoms with E-state index in [1.807, 2.05) is 0 Å². The van der Waals surface area contributed by atoms with Crippen molar-refractivity contribution in [3.8, 4) is 5.75 Å². The van der Waals surface area contributed by atoms with E-state index < -0.39 is 0 Å². The minimum atomic E-state index is 0.440. The van der Waals surface area contributed by atoms with Crippen molar-refractivity contribution in [3.63, 3.8) is 0 Å². The molecule has 17 heavy (non-hydrogen) atoms. The van der Waals surface area contributed by atoms with Crippen LogP contribution in [0.15, 0.2) is 18.2 Å². The molecule has 2 atom stereocenters. The number of benzene rings is 1. The zero-order valence-electron chi connectivity index (χ0n) is 10.7. The van der Waals surface area contributed by atoms with Crippen LogP contribution in [-0.4, -0.2) is 13.7 Å². The summed E-state index contributed by atoms with van der Waals surface area (Å²) in [6.45, 7) is 3.22. The molecule has 1 aromatic carbocycles. The smallest absolute Gasteiger partial charge is 0.127 e. The maximum atomic E-state index is 5.82. The fraction of sp³-hybridized carbons (Fsp3) is 0.600. The van der Waals surface area contributed by atoms with E-state index in [0.29, 0.717) is 12.0 Å². The van der Waals surface area contributed by atoms with E-state index >= 15 is 0 Å². The van der Waals surface area contributed by atoms with Crippen LogP contribution in [0.4, 0.5) is 0 Å². The number of hydrogen-bond acceptors (Lipinski definition) is 2. The largest absolute Gasteiger partial charge is 0.493 e. The Labute approximate surface area is 103 Å². The van der Waals surface area contributed by atoms with Gasteiger partial charge in [-0.15, -0.1) is 0 Å². The molecule has 1 aromatic rings. The lowest BCUT2D eigenvalue weighted by Gasteiger charge is -2.25. The molecule has 0 spiro atoms. The third-order valence-electron chi connectivity index (χ3n) is 4.28. The van der Waals surface area contributed by atoms with Crippen LogP contribution in [0.25, 0.3) is 0 Å². The first-order valence-electron chi connectivity index (χ1n) is 6.73. The standard InChI is InChI=1S/C15H21NO/c1-10(11-6-7-11)14(16-2)13-5-3-4-12-8-9-17-15(12)13/h3-5,10-11,14,16H,6-9H2,1-2H3. The summed E-state index contributed by atoms with van der Waals surface area (Å²) in [5, 5.41) is 3.49. The second-order valence-corrected chi connectivity index (χ2v) is 5.40. The predicted molar refractivity (Wildman–Crippen MR) is 69.3 cm³/mol. The Morgan fingerprint density at radius 3 is 2.88 bits per heavy atom. The first kappa shape index (κ1) is 11.1. The highest BCUT2D eigenvalue weighted by Gasteiger charge is 2.35. The number of para-hydroxylation sites is 1. The van der Waals surface area contributed by atoms with Gasteiger partial charge in [-0.2, -0.15) is 0 Å². The average molecular weight is 231 g/mol. The summed E-state index contributed by atoms with van der Waals surface area (Å²) in [5.74, 6) is 2.76. The Morgan fingerprint density at radius 2 is 2.18 bits per heavy atom. The van der Waals surface area contributed by atoms with Gasteiger partial charge in [-0.25, -0.2) is 0 Å². The van der Waals surface area contributed by atoms with Gasteiger partial charge in [-0.05, 0) is 37.3 Å². The van der Waals surface area contributed by atoms with Gasteiger partial charge in [-0.1, -0.05) is 25.1 Å². The third kappa shape index (κ3) is 1.95. The Balaban J connectivity index is 1.93. The fourth-order valence-electron chi connectivity index (χ4n) is 3.08. The lowest BCUT2D eigenvalue weighted by molar-refractivity contribution is 0.327. The van der Waals surface area contributed by atoms with Crippen molar-refractivity contribution in [1.29, 1.82) is 0 Å². The lowest BCUT2D eigenvalue weighted by atomic mass is 9.89. The van der Waals surface area contributed by atoms with E-state index in [2.05, 4.69) is 37.5 Å². The molecular weight excluding hydrogens is 210 g/mol. The van der Waals surface area contributed by atoms with E-state index in [9.17, 15) is 0 Å². The van der Waals surface area contributed by atoms with Crippen LogP contribution in [0.3, 0.4) is 0 Å². The second kappa shape index (κ2) is 4.34. The lowest BCUT2D eigenvalue weighted by Crippen LogP contribution is -2.25. The summed E-state index contributed by atoms with van der Waals surface area (Å²) in [5.41, 5.74) is 2.74. The average Bonchev–Trinajstić information content (AvgIpc) is 3.08. The predicted octanol–water partition coefficient (Wildman–Crippen LogP) is 2.93. The number of nitrogens with one attached hydrogen (secondary N) is 1. The van der Waals surface area contributed by atoms with Crippen LogP contribution in [0, 0.1) is 11.8 Å². The first-order valence-corrected chi connectivity index (χ1v) is 6.73. The molecule has 1 aliphatic carbocycles. The molecule has 0 radical (unpaired) electrons. The van der Waals surface area contributed by atoms with Gasteiger partial charge in [-0.3, -0.25) is 0 Å². The van der Waals surface area contributed by atoms with Gasteiger partial charge in [0, 0.05) is 18.0 Å². The Hall–Kier alpha value is -1.02. The molecule has 1 heterocycles. The summed E-state index contributed by atoms with van der Waals surface area (Å²) in [7, 11) is 2.07. The van der Waals surface area contributed by atoms with Gasteiger partial charge in [0.05, 0.1) is 6.61 Å². The molecule has 1 saturated carbocycles. The number of ether oxygens (including phenoxy) is 1. The van der Waals surface area contributed by atoms with Gasteiger partial charge in [0.1, 0.15) is 5.75 Å². The molecule has 3 rings (SSSR count). The van der Waals surface area contributed by atoms with Crippen LogP contribution >= 0.6 is 0 Å². The number of hydrogen-bond donors (Lipinski definition) is 1. The minimum absolute atomic E-state index is 0.440. The quantitative estimate of drug-likeness (QED) is 0.860. The van der Waals surface area contributed by atoms with Crippen molar-refractivity contribution < 1.29 is 4.74 Å². The van der Waals surface area contributed by atoms with Crippen molar-refractivity contribution in [2.75, 3.05) is 13.7 Å². The van der Waals surface area contributed by atoms with Gasteiger partial charge < -0.3 is 10.1 Å². The van der Waals surface area contributed by atoms with E-state index in [1.165, 1.54) is 24.0 Å². The molecule has 2 heteroatoms. The monoisotopic (exact) mass is 231 g/mol. The van der Waals surface area contributed by atoms with Gasteiger partial charge in [0.25, 0.3) is 0 Å². The van der Waals surface area contributed by atoms with Crippen LogP contribution in [0.2, 0.25) is 0 Å². The van der Waals surface area contributed by atoms with Crippen LogP contribution < -0.4 is 10.1 Å². The van der Waals surface area contributed by atoms with E-state index in [-0.39, 0.29) is 0 Å². The summed E-state index contributed by atoms with van der Waals surface area (Å²) >= 11 is 0. The maximum Gasteiger partial charge on any atom is 0.127 e. The van der Waals surface area contributed by atoms with Gasteiger partial charge >= 0.3 is 0 Å². The molecule has 2 unspecified atom stereocenters. The zero-order chi connectivity index (χ0) is 11.8. The normalized spacial score (nSPS) is 21.8. The van der Waals surface area contributed by atoms with E-state index in [1.54, 1.807) is 0 Å². The highest BCUT2D eigenvalue weighted by molar-refractivity contribution is 5.46. The van der Waals surface area contributed by atoms with E-state index in [4.69, 9.17) is 4.74 Å². The molecule has 0 aromatic heterocycles. The summed E-state index contributed by atoms with van der Waals surface area (Å²) in [6.07, 6.45) is 3.86. The molecule has 0 saturated heterocycles. The highest BCUT2D eigenvalue weighted by Crippen LogP contribution is 2.45. The molecule has 2 nitrogen and oxygen atoms in total. The Morgan fingerprint density at radius 1 is 1.35 bits per heavy atom. The zero-order valence-corrected chi connectivity index (χ0v) is 10.7. The van der Waals surface area contributed by atoms with Crippen LogP contribution in [0.1, 0.15) is 36.9 Å². The topological polar surface area (TPSA) is 21.3 Å². The Kier molecular flexibility index (Phi) is 2.83. The van der Waals surface area contributed by atoms with Crippen molar-refractivity contribution in [3.05, 3.63) is 29.3 Å². The van der Waals surface area contributed by atoms with Crippen LogP contribution in [0.5, 0.6) is 5.75 Å². The summed E-state index contributed by atoms with van der Waals surface area (Å²) in [4.78, 5) is 0. The minimum Gasteiger partial charge on any atom is -0.493 e. The molecule has 1 N–H and O–H groups in total. The van der Waals surface area contributed by atoms with Crippen molar-refractivity contribution in [1.82, 2.24) is 5.32 Å². The summed E-state index contributed by atoms with van der Waals surface area (Å²) in [6, 6.07) is 7.03. The SMILES string of the molecule is CNC(c1cccc2c1OCC2)C(C)C1CC1. The molecule has 1 aliphatic heterocycles. The molecule has 0 amide bonds. The number of rotatable bonds is 4. The molecule has 92 valence electrons. The molecular formula is C15H21NO. The first-order chi connectivity index (χ1) is 8.31. The Bertz CT molecular complexity index is 411. The highest BCUT2D eigenvalue weighted by atomic mass is 16.5. The van der Waals surface area contributed by atoms with Crippen molar-refractivity contribution in [2.45, 2.75) is 32.2 Å². The maximum absolute atomic E-state index is 5.82. The number of fused-ring (bicyclic) bond motifs is 1. The molecule has 2 aliphatic rings. The second-order valence-electron chi connectivity index (χ2n) is 5.40. The van der Waals surface area contributed by atoms with Crippen molar-refractivity contribution >= 4 is 0 Å². The van der Waals surface area contributed by atoms with Crippen LogP contribution in [-0.2, 0) is 6.42 Å².